The van der Waals surface area contributed by atoms with Gasteiger partial charge in [-0.25, -0.2) is 0 Å². The van der Waals surface area contributed by atoms with Crippen molar-refractivity contribution < 1.29 is 19.4 Å². The fourth-order valence-electron chi connectivity index (χ4n) is 4.31. The highest BCUT2D eigenvalue weighted by Crippen LogP contribution is 2.33. The third kappa shape index (κ3) is 7.57. The molecular formula is C29H40ClNO4. The summed E-state index contributed by atoms with van der Waals surface area (Å²) in [5.74, 6) is -1.21. The van der Waals surface area contributed by atoms with Gasteiger partial charge in [0.15, 0.2) is 0 Å². The van der Waals surface area contributed by atoms with E-state index in [1.54, 1.807) is 24.3 Å². The van der Waals surface area contributed by atoms with E-state index in [0.29, 0.717) is 17.9 Å². The molecule has 5 nitrogen and oxygen atoms in total. The first-order valence-electron chi connectivity index (χ1n) is 12.6. The van der Waals surface area contributed by atoms with Crippen molar-refractivity contribution in [2.24, 2.45) is 0 Å². The Balaban J connectivity index is 0.00000432. The van der Waals surface area contributed by atoms with E-state index in [9.17, 15) is 9.90 Å². The Morgan fingerprint density at radius 3 is 2.23 bits per heavy atom. The molecule has 2 aromatic carbocycles. The van der Waals surface area contributed by atoms with Crippen molar-refractivity contribution in [2.75, 3.05) is 26.2 Å². The zero-order valence-electron chi connectivity index (χ0n) is 21.5. The molecule has 0 spiro atoms. The lowest BCUT2D eigenvalue weighted by Crippen LogP contribution is -2.44. The number of carbonyl (C=O) groups is 1. The molecule has 0 amide bonds. The number of Topliss-reactive ketones (excluding diaryl/α,β-unsaturated/α-hetero) is 1. The van der Waals surface area contributed by atoms with Gasteiger partial charge >= 0.3 is 0 Å². The summed E-state index contributed by atoms with van der Waals surface area (Å²) < 4.78 is 11.8. The van der Waals surface area contributed by atoms with Crippen molar-refractivity contribution >= 4 is 24.3 Å². The topological polar surface area (TPSA) is 59.0 Å². The molecule has 1 N–H and O–H groups in total. The lowest BCUT2D eigenvalue weighted by molar-refractivity contribution is -0.0640. The number of benzene rings is 2. The second-order valence-corrected chi connectivity index (χ2v) is 9.19. The maximum absolute atomic E-state index is 13.2. The number of ketones is 1. The summed E-state index contributed by atoms with van der Waals surface area (Å²) >= 11 is 0. The Bertz CT molecular complexity index is 975. The second-order valence-electron chi connectivity index (χ2n) is 9.19. The van der Waals surface area contributed by atoms with Crippen LogP contribution in [-0.2, 0) is 0 Å². The van der Waals surface area contributed by atoms with Crippen LogP contribution in [0.25, 0.3) is 6.08 Å². The van der Waals surface area contributed by atoms with Crippen LogP contribution in [0.3, 0.4) is 0 Å². The molecule has 3 rings (SSSR count). The van der Waals surface area contributed by atoms with E-state index in [1.807, 2.05) is 32.0 Å². The van der Waals surface area contributed by atoms with Gasteiger partial charge in [0.25, 0.3) is 5.79 Å². The fourth-order valence-corrected chi connectivity index (χ4v) is 4.31. The molecule has 6 heteroatoms. The number of hydrogen-bond acceptors (Lipinski definition) is 5. The Labute approximate surface area is 216 Å². The number of hydrogen-bond donors (Lipinski definition) is 1. The van der Waals surface area contributed by atoms with Gasteiger partial charge in [0.05, 0.1) is 6.61 Å². The molecule has 35 heavy (non-hydrogen) atoms. The van der Waals surface area contributed by atoms with E-state index >= 15 is 0 Å². The number of rotatable bonds is 13. The SMILES string of the molecule is CCCCN(CCCC)CCCOc1c(C)cc(C(=O)C2(O)C=Cc3ccccc3O2)cc1C.Cl. The minimum atomic E-state index is -2.02. The number of nitrogens with zero attached hydrogens (tertiary/aromatic N) is 1. The van der Waals surface area contributed by atoms with E-state index < -0.39 is 11.6 Å². The number of para-hydroxylation sites is 1. The van der Waals surface area contributed by atoms with E-state index in [0.717, 1.165) is 48.5 Å². The molecule has 0 bridgehead atoms. The summed E-state index contributed by atoms with van der Waals surface area (Å²) in [6.07, 6.45) is 8.99. The van der Waals surface area contributed by atoms with E-state index in [2.05, 4.69) is 18.7 Å². The largest absolute Gasteiger partial charge is 0.493 e. The Morgan fingerprint density at radius 2 is 1.60 bits per heavy atom. The molecule has 2 aromatic rings. The van der Waals surface area contributed by atoms with Crippen molar-refractivity contribution in [2.45, 2.75) is 65.6 Å². The Kier molecular flexibility index (Phi) is 11.3. The van der Waals surface area contributed by atoms with Crippen molar-refractivity contribution in [1.29, 1.82) is 0 Å². The van der Waals surface area contributed by atoms with Gasteiger partial charge in [0, 0.05) is 17.7 Å². The van der Waals surface area contributed by atoms with Crippen molar-refractivity contribution in [3.63, 3.8) is 0 Å². The van der Waals surface area contributed by atoms with Gasteiger partial charge in [-0.3, -0.25) is 4.79 Å². The van der Waals surface area contributed by atoms with Gasteiger partial charge in [-0.05, 0) is 87.7 Å². The monoisotopic (exact) mass is 501 g/mol. The predicted molar refractivity (Wildman–Crippen MR) is 145 cm³/mol. The standard InChI is InChI=1S/C29H39NO4.ClH/c1-5-7-16-30(17-8-6-2)18-11-19-33-27-22(3)20-25(21-23(27)4)28(31)29(32)15-14-24-12-9-10-13-26(24)34-29;/h9-10,12-15,20-21,32H,5-8,11,16-19H2,1-4H3;1H. The molecule has 0 saturated heterocycles. The van der Waals surface area contributed by atoms with Gasteiger partial charge in [-0.1, -0.05) is 44.9 Å². The molecule has 0 radical (unpaired) electrons. The molecule has 1 unspecified atom stereocenters. The molecule has 1 aliphatic heterocycles. The lowest BCUT2D eigenvalue weighted by Gasteiger charge is -2.28. The molecule has 0 fully saturated rings. The highest BCUT2D eigenvalue weighted by atomic mass is 35.5. The summed E-state index contributed by atoms with van der Waals surface area (Å²) in [4.78, 5) is 15.7. The number of aryl methyl sites for hydroxylation is 2. The number of unbranched alkanes of at least 4 members (excludes halogenated alkanes) is 2. The summed E-state index contributed by atoms with van der Waals surface area (Å²) in [6, 6.07) is 10.9. The zero-order chi connectivity index (χ0) is 24.6. The maximum atomic E-state index is 13.2. The van der Waals surface area contributed by atoms with Crippen LogP contribution in [0.4, 0.5) is 0 Å². The molecule has 1 atom stereocenters. The van der Waals surface area contributed by atoms with Crippen LogP contribution in [0.2, 0.25) is 0 Å². The average molecular weight is 502 g/mol. The predicted octanol–water partition coefficient (Wildman–Crippen LogP) is 6.37. The van der Waals surface area contributed by atoms with Crippen molar-refractivity contribution in [3.8, 4) is 11.5 Å². The van der Waals surface area contributed by atoms with Crippen LogP contribution >= 0.6 is 12.4 Å². The van der Waals surface area contributed by atoms with Gasteiger partial charge in [-0.15, -0.1) is 12.4 Å². The molecule has 192 valence electrons. The molecule has 0 aliphatic carbocycles. The molecule has 0 aromatic heterocycles. The quantitative estimate of drug-likeness (QED) is 0.255. The van der Waals surface area contributed by atoms with Crippen LogP contribution in [0, 0.1) is 13.8 Å². The van der Waals surface area contributed by atoms with Crippen LogP contribution in [0.1, 0.15) is 73.0 Å². The summed E-state index contributed by atoms with van der Waals surface area (Å²) in [5.41, 5.74) is 2.99. The van der Waals surface area contributed by atoms with Gasteiger partial charge in [-0.2, -0.15) is 0 Å². The highest BCUT2D eigenvalue weighted by Gasteiger charge is 2.39. The maximum Gasteiger partial charge on any atom is 0.293 e. The summed E-state index contributed by atoms with van der Waals surface area (Å²) in [7, 11) is 0. The zero-order valence-corrected chi connectivity index (χ0v) is 22.3. The summed E-state index contributed by atoms with van der Waals surface area (Å²) in [6.45, 7) is 12.3. The van der Waals surface area contributed by atoms with E-state index in [-0.39, 0.29) is 12.4 Å². The number of aliphatic hydroxyl groups is 1. The minimum absolute atomic E-state index is 0. The van der Waals surface area contributed by atoms with Crippen LogP contribution in [-0.4, -0.2) is 47.8 Å². The van der Waals surface area contributed by atoms with Crippen LogP contribution in [0.5, 0.6) is 11.5 Å². The third-order valence-corrected chi connectivity index (χ3v) is 6.24. The highest BCUT2D eigenvalue weighted by molar-refractivity contribution is 6.04. The smallest absolute Gasteiger partial charge is 0.293 e. The molecular weight excluding hydrogens is 462 g/mol. The first-order valence-corrected chi connectivity index (χ1v) is 12.6. The van der Waals surface area contributed by atoms with Crippen molar-refractivity contribution in [1.82, 2.24) is 4.90 Å². The van der Waals surface area contributed by atoms with Gasteiger partial charge < -0.3 is 19.5 Å². The lowest BCUT2D eigenvalue weighted by atomic mass is 9.96. The molecule has 1 heterocycles. The number of halogens is 1. The third-order valence-electron chi connectivity index (χ3n) is 6.24. The fraction of sp³-hybridized carbons (Fsp3) is 0.483. The first-order chi connectivity index (χ1) is 16.4. The number of fused-ring (bicyclic) bond motifs is 1. The average Bonchev–Trinajstić information content (AvgIpc) is 2.83. The van der Waals surface area contributed by atoms with Crippen LogP contribution < -0.4 is 9.47 Å². The van der Waals surface area contributed by atoms with Crippen LogP contribution in [0.15, 0.2) is 42.5 Å². The first kappa shape index (κ1) is 28.9. The van der Waals surface area contributed by atoms with E-state index in [4.69, 9.17) is 9.47 Å². The number of carbonyl (C=O) groups excluding carboxylic acids is 1. The minimum Gasteiger partial charge on any atom is -0.493 e. The van der Waals surface area contributed by atoms with Crippen molar-refractivity contribution in [3.05, 3.63) is 64.7 Å². The Hall–Kier alpha value is -2.34. The van der Waals surface area contributed by atoms with Gasteiger partial charge in [0.2, 0.25) is 5.78 Å². The molecule has 1 aliphatic rings. The van der Waals surface area contributed by atoms with Gasteiger partial charge in [0.1, 0.15) is 11.5 Å². The molecule has 0 saturated carbocycles. The Morgan fingerprint density at radius 1 is 1.00 bits per heavy atom. The number of ether oxygens (including phenoxy) is 2. The van der Waals surface area contributed by atoms with E-state index in [1.165, 1.54) is 31.8 Å². The normalized spacial score (nSPS) is 16.4. The summed E-state index contributed by atoms with van der Waals surface area (Å²) in [5, 5.41) is 10.9. The second kappa shape index (κ2) is 13.7.